The number of anilines is 1. The predicted octanol–water partition coefficient (Wildman–Crippen LogP) is 3.02. The van der Waals surface area contributed by atoms with E-state index in [0.29, 0.717) is 17.8 Å². The summed E-state index contributed by atoms with van der Waals surface area (Å²) in [5.41, 5.74) is 1.47. The molecule has 0 fully saturated rings. The van der Waals surface area contributed by atoms with Gasteiger partial charge in [0, 0.05) is 18.6 Å². The van der Waals surface area contributed by atoms with Crippen LogP contribution in [0.15, 0.2) is 55.1 Å². The van der Waals surface area contributed by atoms with Gasteiger partial charge in [0.05, 0.1) is 12.7 Å². The van der Waals surface area contributed by atoms with Gasteiger partial charge in [-0.3, -0.25) is 9.48 Å². The molecule has 3 aromatic heterocycles. The summed E-state index contributed by atoms with van der Waals surface area (Å²) in [7, 11) is 0. The maximum Gasteiger partial charge on any atom is 0.262 e. The molecule has 4 aromatic rings. The largest absolute Gasteiger partial charge is 0.304 e. The average Bonchev–Trinajstić information content (AvgIpc) is 3.19. The van der Waals surface area contributed by atoms with E-state index >= 15 is 0 Å². The number of amides is 1. The molecular formula is C17H12ClFN6O. The molecule has 1 amide bonds. The smallest absolute Gasteiger partial charge is 0.262 e. The minimum absolute atomic E-state index is 0.211. The summed E-state index contributed by atoms with van der Waals surface area (Å²) in [5, 5.41) is 11.2. The summed E-state index contributed by atoms with van der Waals surface area (Å²) >= 11 is 6.16. The van der Waals surface area contributed by atoms with Crippen molar-refractivity contribution in [3.63, 3.8) is 0 Å². The highest BCUT2D eigenvalue weighted by atomic mass is 35.5. The molecule has 1 N–H and O–H groups in total. The summed E-state index contributed by atoms with van der Waals surface area (Å²) in [6.45, 7) is 0.325. The van der Waals surface area contributed by atoms with Crippen molar-refractivity contribution in [2.45, 2.75) is 6.54 Å². The Morgan fingerprint density at radius 2 is 2.19 bits per heavy atom. The van der Waals surface area contributed by atoms with Crippen LogP contribution in [0.4, 0.5) is 10.2 Å². The van der Waals surface area contributed by atoms with E-state index in [-0.39, 0.29) is 16.7 Å². The molecule has 130 valence electrons. The summed E-state index contributed by atoms with van der Waals surface area (Å²) in [6.07, 6.45) is 6.26. The van der Waals surface area contributed by atoms with Gasteiger partial charge >= 0.3 is 0 Å². The van der Waals surface area contributed by atoms with Crippen LogP contribution in [0.2, 0.25) is 5.02 Å². The van der Waals surface area contributed by atoms with Gasteiger partial charge in [0.2, 0.25) is 0 Å². The quantitative estimate of drug-likeness (QED) is 0.599. The van der Waals surface area contributed by atoms with Gasteiger partial charge in [-0.15, -0.1) is 0 Å². The predicted molar refractivity (Wildman–Crippen MR) is 93.7 cm³/mol. The number of halogens is 2. The van der Waals surface area contributed by atoms with E-state index in [0.717, 1.165) is 5.56 Å². The molecule has 0 saturated carbocycles. The Morgan fingerprint density at radius 1 is 1.31 bits per heavy atom. The molecule has 9 heteroatoms. The SMILES string of the molecule is O=C(Nc1nn(Cc2cccc(F)c2)cc1Cl)c1cnn2cccnc12. The minimum atomic E-state index is -0.420. The van der Waals surface area contributed by atoms with E-state index in [1.165, 1.54) is 27.5 Å². The Labute approximate surface area is 152 Å². The van der Waals surface area contributed by atoms with E-state index in [4.69, 9.17) is 11.6 Å². The van der Waals surface area contributed by atoms with Gasteiger partial charge < -0.3 is 5.32 Å². The Hall–Kier alpha value is -3.26. The number of aromatic nitrogens is 5. The summed E-state index contributed by atoms with van der Waals surface area (Å²) < 4.78 is 16.3. The molecule has 0 aliphatic heterocycles. The van der Waals surface area contributed by atoms with Crippen LogP contribution in [0.5, 0.6) is 0 Å². The number of fused-ring (bicyclic) bond motifs is 1. The molecule has 0 bridgehead atoms. The molecule has 4 rings (SSSR count). The molecule has 0 atom stereocenters. The minimum Gasteiger partial charge on any atom is -0.304 e. The molecular weight excluding hydrogens is 359 g/mol. The number of carbonyl (C=O) groups is 1. The normalized spacial score (nSPS) is 11.0. The number of hydrogen-bond acceptors (Lipinski definition) is 4. The molecule has 0 spiro atoms. The molecule has 0 aliphatic rings. The zero-order valence-corrected chi connectivity index (χ0v) is 14.1. The highest BCUT2D eigenvalue weighted by Crippen LogP contribution is 2.21. The van der Waals surface area contributed by atoms with Crippen molar-refractivity contribution in [1.82, 2.24) is 24.4 Å². The molecule has 26 heavy (non-hydrogen) atoms. The van der Waals surface area contributed by atoms with Gasteiger partial charge in [-0.2, -0.15) is 10.2 Å². The lowest BCUT2D eigenvalue weighted by Crippen LogP contribution is -2.13. The van der Waals surface area contributed by atoms with Crippen molar-refractivity contribution in [3.05, 3.63) is 77.1 Å². The lowest BCUT2D eigenvalue weighted by Gasteiger charge is -2.02. The van der Waals surface area contributed by atoms with Gasteiger partial charge in [0.15, 0.2) is 11.5 Å². The Kier molecular flexibility index (Phi) is 4.10. The molecule has 0 radical (unpaired) electrons. The summed E-state index contributed by atoms with van der Waals surface area (Å²) in [6, 6.07) is 7.90. The fourth-order valence-electron chi connectivity index (χ4n) is 2.55. The van der Waals surface area contributed by atoms with E-state index < -0.39 is 5.91 Å². The number of benzene rings is 1. The lowest BCUT2D eigenvalue weighted by atomic mass is 10.2. The number of rotatable bonds is 4. The first-order valence-electron chi connectivity index (χ1n) is 7.67. The number of carbonyl (C=O) groups excluding carboxylic acids is 1. The Bertz CT molecular complexity index is 1110. The van der Waals surface area contributed by atoms with Crippen LogP contribution in [-0.4, -0.2) is 30.3 Å². The zero-order valence-electron chi connectivity index (χ0n) is 13.3. The standard InChI is InChI=1S/C17H12ClFN6O/c18-14-10-24(9-11-3-1-4-12(19)7-11)23-15(14)22-17(26)13-8-21-25-6-2-5-20-16(13)25/h1-8,10H,9H2,(H,22,23,26). The Morgan fingerprint density at radius 3 is 3.04 bits per heavy atom. The van der Waals surface area contributed by atoms with Gasteiger partial charge in [0.1, 0.15) is 16.4 Å². The third kappa shape index (κ3) is 3.14. The molecule has 0 saturated heterocycles. The van der Waals surface area contributed by atoms with E-state index in [1.807, 2.05) is 0 Å². The first-order valence-corrected chi connectivity index (χ1v) is 8.05. The fraction of sp³-hybridized carbons (Fsp3) is 0.0588. The fourth-order valence-corrected chi connectivity index (χ4v) is 2.75. The van der Waals surface area contributed by atoms with Crippen LogP contribution in [-0.2, 0) is 6.54 Å². The summed E-state index contributed by atoms with van der Waals surface area (Å²) in [4.78, 5) is 16.6. The molecule has 7 nitrogen and oxygen atoms in total. The van der Waals surface area contributed by atoms with Gasteiger partial charge in [-0.05, 0) is 23.8 Å². The zero-order chi connectivity index (χ0) is 18.1. The van der Waals surface area contributed by atoms with E-state index in [9.17, 15) is 9.18 Å². The monoisotopic (exact) mass is 370 g/mol. The van der Waals surface area contributed by atoms with Gasteiger partial charge in [-0.1, -0.05) is 23.7 Å². The maximum atomic E-state index is 13.3. The molecule has 3 heterocycles. The van der Waals surface area contributed by atoms with Crippen molar-refractivity contribution < 1.29 is 9.18 Å². The van der Waals surface area contributed by atoms with Crippen molar-refractivity contribution in [2.24, 2.45) is 0 Å². The highest BCUT2D eigenvalue weighted by molar-refractivity contribution is 6.33. The van der Waals surface area contributed by atoms with E-state index in [2.05, 4.69) is 20.5 Å². The first-order chi connectivity index (χ1) is 12.6. The van der Waals surface area contributed by atoms with Crippen LogP contribution >= 0.6 is 11.6 Å². The topological polar surface area (TPSA) is 77.1 Å². The maximum absolute atomic E-state index is 13.3. The van der Waals surface area contributed by atoms with Crippen LogP contribution in [0.1, 0.15) is 15.9 Å². The molecule has 0 aliphatic carbocycles. The van der Waals surface area contributed by atoms with Crippen molar-refractivity contribution in [1.29, 1.82) is 0 Å². The number of nitrogens with one attached hydrogen (secondary N) is 1. The first kappa shape index (κ1) is 16.2. The van der Waals surface area contributed by atoms with Crippen molar-refractivity contribution in [3.8, 4) is 0 Å². The van der Waals surface area contributed by atoms with Gasteiger partial charge in [-0.25, -0.2) is 13.9 Å². The van der Waals surface area contributed by atoms with Crippen LogP contribution in [0.25, 0.3) is 5.65 Å². The number of nitrogens with zero attached hydrogens (tertiary/aromatic N) is 5. The molecule has 1 aromatic carbocycles. The Balaban J connectivity index is 1.55. The van der Waals surface area contributed by atoms with E-state index in [1.54, 1.807) is 36.8 Å². The van der Waals surface area contributed by atoms with Crippen molar-refractivity contribution in [2.75, 3.05) is 5.32 Å². The molecule has 0 unspecified atom stereocenters. The third-order valence-electron chi connectivity index (χ3n) is 3.71. The van der Waals surface area contributed by atoms with Crippen molar-refractivity contribution >= 4 is 29.0 Å². The second kappa shape index (κ2) is 6.57. The van der Waals surface area contributed by atoms with Gasteiger partial charge in [0.25, 0.3) is 5.91 Å². The van der Waals surface area contributed by atoms with Crippen LogP contribution in [0, 0.1) is 5.82 Å². The lowest BCUT2D eigenvalue weighted by molar-refractivity contribution is 0.102. The third-order valence-corrected chi connectivity index (χ3v) is 3.98. The summed E-state index contributed by atoms with van der Waals surface area (Å²) in [5.74, 6) is -0.533. The van der Waals surface area contributed by atoms with Crippen LogP contribution in [0.3, 0.4) is 0 Å². The highest BCUT2D eigenvalue weighted by Gasteiger charge is 2.17. The second-order valence-electron chi connectivity index (χ2n) is 5.55. The van der Waals surface area contributed by atoms with Crippen LogP contribution < -0.4 is 5.32 Å². The second-order valence-corrected chi connectivity index (χ2v) is 5.96. The average molecular weight is 371 g/mol. The number of hydrogen-bond donors (Lipinski definition) is 1.